The molecule has 0 saturated carbocycles. The van der Waals surface area contributed by atoms with Gasteiger partial charge in [-0.25, -0.2) is 4.98 Å². The van der Waals surface area contributed by atoms with Crippen LogP contribution in [-0.2, 0) is 9.59 Å². The van der Waals surface area contributed by atoms with E-state index in [1.165, 1.54) is 16.2 Å². The van der Waals surface area contributed by atoms with Crippen molar-refractivity contribution in [3.63, 3.8) is 0 Å². The first-order valence-electron chi connectivity index (χ1n) is 10.2. The molecule has 164 valence electrons. The molecule has 8 heteroatoms. The Balaban J connectivity index is 1.73. The molecule has 1 unspecified atom stereocenters. The minimum absolute atomic E-state index is 0.000631. The second-order valence-corrected chi connectivity index (χ2v) is 9.33. The van der Waals surface area contributed by atoms with E-state index < -0.39 is 17.7 Å². The van der Waals surface area contributed by atoms with Crippen molar-refractivity contribution in [3.05, 3.63) is 93.8 Å². The number of benzene rings is 2. The molecule has 1 N–H and O–H groups in total. The molecule has 33 heavy (non-hydrogen) atoms. The number of pyridine rings is 1. The van der Waals surface area contributed by atoms with E-state index in [-0.39, 0.29) is 11.3 Å². The van der Waals surface area contributed by atoms with Crippen molar-refractivity contribution in [2.75, 3.05) is 4.90 Å². The number of rotatable bonds is 3. The first-order valence-corrected chi connectivity index (χ1v) is 11.4. The van der Waals surface area contributed by atoms with Crippen LogP contribution in [0, 0.1) is 13.8 Å². The average Bonchev–Trinajstić information content (AvgIpc) is 3.33. The molecule has 2 aromatic carbocycles. The summed E-state index contributed by atoms with van der Waals surface area (Å²) in [5, 5.41) is 12.0. The molecule has 3 heterocycles. The van der Waals surface area contributed by atoms with Gasteiger partial charge in [0, 0.05) is 23.0 Å². The molecule has 6 nitrogen and oxygen atoms in total. The van der Waals surface area contributed by atoms with E-state index in [0.717, 1.165) is 21.3 Å². The molecule has 0 radical (unpaired) electrons. The minimum Gasteiger partial charge on any atom is -0.507 e. The third-order valence-corrected chi connectivity index (χ3v) is 6.86. The van der Waals surface area contributed by atoms with Gasteiger partial charge in [-0.3, -0.25) is 19.5 Å². The Bertz CT molecular complexity index is 1450. The summed E-state index contributed by atoms with van der Waals surface area (Å²) in [6.07, 6.45) is 3.17. The maximum atomic E-state index is 13.3. The zero-order valence-electron chi connectivity index (χ0n) is 17.7. The number of halogens is 1. The predicted molar refractivity (Wildman–Crippen MR) is 130 cm³/mol. The van der Waals surface area contributed by atoms with Gasteiger partial charge in [0.1, 0.15) is 5.76 Å². The molecule has 1 aliphatic heterocycles. The fourth-order valence-corrected chi connectivity index (χ4v) is 5.41. The number of Topliss-reactive ketones (excluding diaryl/α,β-unsaturated/α-hetero) is 1. The third-order valence-electron chi connectivity index (χ3n) is 5.61. The van der Waals surface area contributed by atoms with Crippen LogP contribution < -0.4 is 4.90 Å². The summed E-state index contributed by atoms with van der Waals surface area (Å²) in [7, 11) is 0. The molecule has 0 bridgehead atoms. The number of hydrogen-bond acceptors (Lipinski definition) is 6. The fourth-order valence-electron chi connectivity index (χ4n) is 4.12. The molecule has 1 fully saturated rings. The summed E-state index contributed by atoms with van der Waals surface area (Å²) in [5.74, 6) is -1.76. The smallest absolute Gasteiger partial charge is 0.301 e. The minimum atomic E-state index is -0.842. The number of thiazole rings is 1. The van der Waals surface area contributed by atoms with Crippen molar-refractivity contribution in [1.29, 1.82) is 0 Å². The van der Waals surface area contributed by atoms with Gasteiger partial charge < -0.3 is 5.11 Å². The number of ketones is 1. The number of carbonyl (C=O) groups is 2. The van der Waals surface area contributed by atoms with Crippen molar-refractivity contribution < 1.29 is 14.7 Å². The molecule has 4 aromatic rings. The molecular formula is C25H18ClN3O3S. The van der Waals surface area contributed by atoms with Crippen LogP contribution in [0.4, 0.5) is 5.13 Å². The Kier molecular flexibility index (Phi) is 5.23. The molecule has 1 aliphatic rings. The maximum absolute atomic E-state index is 13.3. The number of amides is 1. The maximum Gasteiger partial charge on any atom is 0.301 e. The van der Waals surface area contributed by atoms with Gasteiger partial charge in [-0.15, -0.1) is 0 Å². The SMILES string of the molecule is Cc1cc(C)c2nc(N3C(=O)C(=O)/C(=C(/O)c4ccc(Cl)cc4)C3c3ccncc3)sc2c1. The topological polar surface area (TPSA) is 83.4 Å². The number of nitrogens with zero attached hydrogens (tertiary/aromatic N) is 3. The molecule has 1 saturated heterocycles. The van der Waals surface area contributed by atoms with Gasteiger partial charge >= 0.3 is 5.91 Å². The largest absolute Gasteiger partial charge is 0.507 e. The highest BCUT2D eigenvalue weighted by Gasteiger charge is 2.48. The molecule has 1 atom stereocenters. The molecule has 5 rings (SSSR count). The average molecular weight is 476 g/mol. The van der Waals surface area contributed by atoms with E-state index in [9.17, 15) is 14.7 Å². The number of carbonyl (C=O) groups excluding carboxylic acids is 2. The van der Waals surface area contributed by atoms with Gasteiger partial charge in [-0.05, 0) is 73.0 Å². The Morgan fingerprint density at radius 1 is 1.06 bits per heavy atom. The lowest BCUT2D eigenvalue weighted by Gasteiger charge is -2.22. The number of aromatic nitrogens is 2. The standard InChI is InChI=1S/C25H18ClN3O3S/c1-13-11-14(2)20-18(12-13)33-25(28-20)29-21(15-7-9-27-10-8-15)19(23(31)24(29)32)22(30)16-3-5-17(26)6-4-16/h3-12,21,30H,1-2H3/b22-19+. The van der Waals surface area contributed by atoms with E-state index in [2.05, 4.69) is 4.98 Å². The van der Waals surface area contributed by atoms with Crippen LogP contribution in [0.1, 0.15) is 28.3 Å². The number of aliphatic hydroxyl groups excluding tert-OH is 1. The highest BCUT2D eigenvalue weighted by Crippen LogP contribution is 2.44. The number of hydrogen-bond donors (Lipinski definition) is 1. The van der Waals surface area contributed by atoms with E-state index in [4.69, 9.17) is 16.6 Å². The summed E-state index contributed by atoms with van der Waals surface area (Å²) in [4.78, 5) is 36.6. The van der Waals surface area contributed by atoms with Crippen LogP contribution >= 0.6 is 22.9 Å². The highest BCUT2D eigenvalue weighted by molar-refractivity contribution is 7.22. The van der Waals surface area contributed by atoms with E-state index in [1.54, 1.807) is 48.8 Å². The van der Waals surface area contributed by atoms with Crippen molar-refractivity contribution >= 4 is 55.7 Å². The lowest BCUT2D eigenvalue weighted by molar-refractivity contribution is -0.132. The Morgan fingerprint density at radius 2 is 1.76 bits per heavy atom. The molecule has 1 amide bonds. The van der Waals surface area contributed by atoms with Gasteiger partial charge in [0.25, 0.3) is 5.78 Å². The van der Waals surface area contributed by atoms with Crippen LogP contribution in [0.25, 0.3) is 16.0 Å². The normalized spacial score (nSPS) is 17.8. The van der Waals surface area contributed by atoms with E-state index in [0.29, 0.717) is 21.3 Å². The molecular weight excluding hydrogens is 458 g/mol. The van der Waals surface area contributed by atoms with Crippen molar-refractivity contribution in [3.8, 4) is 0 Å². The summed E-state index contributed by atoms with van der Waals surface area (Å²) < 4.78 is 0.926. The van der Waals surface area contributed by atoms with Crippen LogP contribution in [0.5, 0.6) is 0 Å². The number of aryl methyl sites for hydroxylation is 2. The van der Waals surface area contributed by atoms with Crippen LogP contribution in [0.3, 0.4) is 0 Å². The number of fused-ring (bicyclic) bond motifs is 1. The Morgan fingerprint density at radius 3 is 2.45 bits per heavy atom. The summed E-state index contributed by atoms with van der Waals surface area (Å²) in [5.41, 5.74) is 3.91. The van der Waals surface area contributed by atoms with Gasteiger partial charge in [0.05, 0.1) is 21.8 Å². The Labute approximate surface area is 198 Å². The fraction of sp³-hybridized carbons (Fsp3) is 0.120. The monoisotopic (exact) mass is 475 g/mol. The summed E-state index contributed by atoms with van der Waals surface area (Å²) in [6, 6.07) is 13.1. The van der Waals surface area contributed by atoms with Crippen molar-refractivity contribution in [2.24, 2.45) is 0 Å². The van der Waals surface area contributed by atoms with Crippen LogP contribution in [-0.4, -0.2) is 26.8 Å². The van der Waals surface area contributed by atoms with Gasteiger partial charge in [0.2, 0.25) is 0 Å². The summed E-state index contributed by atoms with van der Waals surface area (Å²) in [6.45, 7) is 3.97. The zero-order chi connectivity index (χ0) is 23.3. The molecule has 0 aliphatic carbocycles. The highest BCUT2D eigenvalue weighted by atomic mass is 35.5. The summed E-state index contributed by atoms with van der Waals surface area (Å²) >= 11 is 7.32. The first-order chi connectivity index (χ1) is 15.8. The van der Waals surface area contributed by atoms with E-state index >= 15 is 0 Å². The van der Waals surface area contributed by atoms with Crippen LogP contribution in [0.15, 0.2) is 66.5 Å². The lowest BCUT2D eigenvalue weighted by Crippen LogP contribution is -2.29. The van der Waals surface area contributed by atoms with Gasteiger partial charge in [-0.2, -0.15) is 0 Å². The number of anilines is 1. The van der Waals surface area contributed by atoms with E-state index in [1.807, 2.05) is 26.0 Å². The van der Waals surface area contributed by atoms with Gasteiger partial charge in [-0.1, -0.05) is 29.0 Å². The second-order valence-electron chi connectivity index (χ2n) is 7.88. The number of aliphatic hydroxyl groups is 1. The Hall–Kier alpha value is -3.55. The zero-order valence-corrected chi connectivity index (χ0v) is 19.3. The molecule has 0 spiro atoms. The van der Waals surface area contributed by atoms with Crippen molar-refractivity contribution in [2.45, 2.75) is 19.9 Å². The quantitative estimate of drug-likeness (QED) is 0.237. The van der Waals surface area contributed by atoms with Gasteiger partial charge in [0.15, 0.2) is 5.13 Å². The second kappa shape index (κ2) is 8.10. The first kappa shape index (κ1) is 21.3. The lowest BCUT2D eigenvalue weighted by atomic mass is 9.96. The third kappa shape index (κ3) is 3.59. The predicted octanol–water partition coefficient (Wildman–Crippen LogP) is 5.59. The van der Waals surface area contributed by atoms with Crippen LogP contribution in [0.2, 0.25) is 5.02 Å². The molecule has 2 aromatic heterocycles. The van der Waals surface area contributed by atoms with Crippen molar-refractivity contribution in [1.82, 2.24) is 9.97 Å².